The highest BCUT2D eigenvalue weighted by Gasteiger charge is 2.01. The van der Waals surface area contributed by atoms with Gasteiger partial charge in [-0.3, -0.25) is 0 Å². The van der Waals surface area contributed by atoms with E-state index in [2.05, 4.69) is 53.3 Å². The molecule has 1 nitrogen and oxygen atoms in total. The van der Waals surface area contributed by atoms with Crippen LogP contribution in [0.15, 0.2) is 40.9 Å². The lowest BCUT2D eigenvalue weighted by molar-refractivity contribution is 0.625. The molecule has 0 aromatic heterocycles. The molecule has 3 heteroatoms. The largest absolute Gasteiger partial charge is 0.381 e. The Kier molecular flexibility index (Phi) is 4.02. The second-order valence-electron chi connectivity index (χ2n) is 4.45. The summed E-state index contributed by atoms with van der Waals surface area (Å²) in [4.78, 5) is 0. The van der Waals surface area contributed by atoms with Crippen LogP contribution in [0.5, 0.6) is 0 Å². The number of nitrogens with one attached hydrogen (secondary N) is 1. The quantitative estimate of drug-likeness (QED) is 0.857. The van der Waals surface area contributed by atoms with Crippen LogP contribution in [0.2, 0.25) is 0 Å². The summed E-state index contributed by atoms with van der Waals surface area (Å²) in [5.74, 6) is -0.221. The molecule has 2 rings (SSSR count). The van der Waals surface area contributed by atoms with Gasteiger partial charge in [0.25, 0.3) is 0 Å². The number of halogens is 2. The minimum absolute atomic E-state index is 0.221. The maximum atomic E-state index is 13.2. The summed E-state index contributed by atoms with van der Waals surface area (Å²) in [6.45, 7) is 4.75. The van der Waals surface area contributed by atoms with Crippen molar-refractivity contribution >= 4 is 21.6 Å². The summed E-state index contributed by atoms with van der Waals surface area (Å²) in [5, 5.41) is 3.32. The Balaban J connectivity index is 2.11. The van der Waals surface area contributed by atoms with Crippen molar-refractivity contribution in [3.8, 4) is 0 Å². The van der Waals surface area contributed by atoms with Crippen LogP contribution in [0.1, 0.15) is 16.7 Å². The molecule has 1 N–H and O–H groups in total. The molecule has 0 aliphatic heterocycles. The van der Waals surface area contributed by atoms with Gasteiger partial charge >= 0.3 is 0 Å². The molecule has 0 unspecified atom stereocenters. The van der Waals surface area contributed by atoms with E-state index < -0.39 is 0 Å². The molecule has 0 saturated heterocycles. The number of rotatable bonds is 3. The second kappa shape index (κ2) is 5.53. The van der Waals surface area contributed by atoms with Gasteiger partial charge in [-0.05, 0) is 49.2 Å². The predicted molar refractivity (Wildman–Crippen MR) is 77.3 cm³/mol. The molecule has 0 spiro atoms. The molecule has 0 saturated carbocycles. The third-order valence-corrected chi connectivity index (χ3v) is 3.25. The van der Waals surface area contributed by atoms with E-state index in [9.17, 15) is 4.39 Å². The van der Waals surface area contributed by atoms with Crippen LogP contribution in [-0.2, 0) is 6.54 Å². The Morgan fingerprint density at radius 2 is 1.89 bits per heavy atom. The molecule has 0 fully saturated rings. The lowest BCUT2D eigenvalue weighted by Gasteiger charge is -2.10. The first-order chi connectivity index (χ1) is 8.54. The molecule has 0 radical (unpaired) electrons. The van der Waals surface area contributed by atoms with Crippen LogP contribution in [0.25, 0.3) is 0 Å². The molecule has 18 heavy (non-hydrogen) atoms. The summed E-state index contributed by atoms with van der Waals surface area (Å²) in [6.07, 6.45) is 0. The molecule has 0 atom stereocenters. The summed E-state index contributed by atoms with van der Waals surface area (Å²) in [5.41, 5.74) is 4.44. The fraction of sp³-hybridized carbons (Fsp3) is 0.200. The van der Waals surface area contributed by atoms with Crippen LogP contribution >= 0.6 is 15.9 Å². The highest BCUT2D eigenvalue weighted by Crippen LogP contribution is 2.19. The van der Waals surface area contributed by atoms with Gasteiger partial charge in [0, 0.05) is 16.7 Å². The minimum Gasteiger partial charge on any atom is -0.381 e. The van der Waals surface area contributed by atoms with Crippen molar-refractivity contribution in [3.05, 3.63) is 63.4 Å². The third-order valence-electron chi connectivity index (χ3n) is 2.79. The van der Waals surface area contributed by atoms with E-state index in [-0.39, 0.29) is 5.82 Å². The number of hydrogen-bond acceptors (Lipinski definition) is 1. The van der Waals surface area contributed by atoms with E-state index in [4.69, 9.17) is 0 Å². The summed E-state index contributed by atoms with van der Waals surface area (Å²) < 4.78 is 14.0. The summed E-state index contributed by atoms with van der Waals surface area (Å²) >= 11 is 3.30. The van der Waals surface area contributed by atoms with Crippen LogP contribution in [0, 0.1) is 19.7 Å². The van der Waals surface area contributed by atoms with E-state index in [1.165, 1.54) is 17.2 Å². The Bertz CT molecular complexity index is 546. The Hall–Kier alpha value is -1.35. The predicted octanol–water partition coefficient (Wildman–Crippen LogP) is 4.82. The molecule has 0 heterocycles. The van der Waals surface area contributed by atoms with Crippen molar-refractivity contribution in [1.29, 1.82) is 0 Å². The van der Waals surface area contributed by atoms with Crippen molar-refractivity contribution in [2.24, 2.45) is 0 Å². The fourth-order valence-electron chi connectivity index (χ4n) is 1.92. The van der Waals surface area contributed by atoms with Gasteiger partial charge in [-0.1, -0.05) is 33.6 Å². The highest BCUT2D eigenvalue weighted by molar-refractivity contribution is 9.10. The van der Waals surface area contributed by atoms with Gasteiger partial charge < -0.3 is 5.32 Å². The topological polar surface area (TPSA) is 12.0 Å². The molecular weight excluding hydrogens is 293 g/mol. The molecule has 2 aromatic rings. The number of hydrogen-bond donors (Lipinski definition) is 1. The van der Waals surface area contributed by atoms with E-state index >= 15 is 0 Å². The third kappa shape index (κ3) is 3.33. The Morgan fingerprint density at radius 1 is 1.11 bits per heavy atom. The lowest BCUT2D eigenvalue weighted by atomic mass is 10.1. The average molecular weight is 308 g/mol. The maximum absolute atomic E-state index is 13.2. The molecule has 0 bridgehead atoms. The molecular formula is C15H15BrFN. The Morgan fingerprint density at radius 3 is 2.56 bits per heavy atom. The normalized spacial score (nSPS) is 10.4. The van der Waals surface area contributed by atoms with Gasteiger partial charge in [0.05, 0.1) is 0 Å². The van der Waals surface area contributed by atoms with Crippen LogP contribution in [-0.4, -0.2) is 0 Å². The van der Waals surface area contributed by atoms with Crippen LogP contribution < -0.4 is 5.32 Å². The smallest absolute Gasteiger partial charge is 0.124 e. The van der Waals surface area contributed by atoms with E-state index in [0.29, 0.717) is 6.54 Å². The number of benzene rings is 2. The summed E-state index contributed by atoms with van der Waals surface area (Å²) in [6, 6.07) is 11.2. The van der Waals surface area contributed by atoms with Crippen molar-refractivity contribution in [2.75, 3.05) is 5.32 Å². The number of anilines is 1. The lowest BCUT2D eigenvalue weighted by Crippen LogP contribution is -2.01. The molecule has 0 amide bonds. The SMILES string of the molecule is Cc1ccc(NCc2cc(F)cc(Br)c2)c(C)c1. The van der Waals surface area contributed by atoms with E-state index in [1.54, 1.807) is 6.07 Å². The molecule has 0 aliphatic rings. The zero-order valence-electron chi connectivity index (χ0n) is 10.4. The first-order valence-electron chi connectivity index (χ1n) is 5.81. The first-order valence-corrected chi connectivity index (χ1v) is 6.60. The molecule has 0 aliphatic carbocycles. The van der Waals surface area contributed by atoms with Crippen LogP contribution in [0.3, 0.4) is 0 Å². The van der Waals surface area contributed by atoms with Gasteiger partial charge in [0.1, 0.15) is 5.82 Å². The summed E-state index contributed by atoms with van der Waals surface area (Å²) in [7, 11) is 0. The maximum Gasteiger partial charge on any atom is 0.124 e. The van der Waals surface area contributed by atoms with Gasteiger partial charge in [-0.15, -0.1) is 0 Å². The van der Waals surface area contributed by atoms with Gasteiger partial charge in [0.2, 0.25) is 0 Å². The van der Waals surface area contributed by atoms with Crippen LogP contribution in [0.4, 0.5) is 10.1 Å². The Labute approximate surface area is 115 Å². The van der Waals surface area contributed by atoms with Gasteiger partial charge in [0.15, 0.2) is 0 Å². The van der Waals surface area contributed by atoms with Gasteiger partial charge in [-0.25, -0.2) is 4.39 Å². The monoisotopic (exact) mass is 307 g/mol. The van der Waals surface area contributed by atoms with Crippen molar-refractivity contribution < 1.29 is 4.39 Å². The molecule has 2 aromatic carbocycles. The van der Waals surface area contributed by atoms with Crippen molar-refractivity contribution in [3.63, 3.8) is 0 Å². The fourth-order valence-corrected chi connectivity index (χ4v) is 2.43. The van der Waals surface area contributed by atoms with E-state index in [1.807, 2.05) is 6.07 Å². The van der Waals surface area contributed by atoms with Crippen molar-refractivity contribution in [1.82, 2.24) is 0 Å². The highest BCUT2D eigenvalue weighted by atomic mass is 79.9. The zero-order valence-corrected chi connectivity index (χ0v) is 12.0. The first kappa shape index (κ1) is 13.1. The average Bonchev–Trinajstić information content (AvgIpc) is 2.26. The number of aryl methyl sites for hydroxylation is 2. The second-order valence-corrected chi connectivity index (χ2v) is 5.37. The van der Waals surface area contributed by atoms with E-state index in [0.717, 1.165) is 15.7 Å². The zero-order chi connectivity index (χ0) is 13.1. The standard InChI is InChI=1S/C15H15BrFN/c1-10-3-4-15(11(2)5-10)18-9-12-6-13(16)8-14(17)7-12/h3-8,18H,9H2,1-2H3. The minimum atomic E-state index is -0.221. The van der Waals surface area contributed by atoms with Gasteiger partial charge in [-0.2, -0.15) is 0 Å². The van der Waals surface area contributed by atoms with Crippen molar-refractivity contribution in [2.45, 2.75) is 20.4 Å². The molecule has 94 valence electrons.